The van der Waals surface area contributed by atoms with Crippen LogP contribution in [0.5, 0.6) is 0 Å². The molecule has 0 atom stereocenters. The lowest BCUT2D eigenvalue weighted by Gasteiger charge is -1.97. The first kappa shape index (κ1) is 9.45. The average molecular weight is 207 g/mol. The number of aromatic nitrogens is 3. The van der Waals surface area contributed by atoms with Crippen molar-refractivity contribution in [3.05, 3.63) is 29.7 Å². The third-order valence-electron chi connectivity index (χ3n) is 2.17. The number of carboxylic acids is 1. The zero-order valence-corrected chi connectivity index (χ0v) is 8.26. The predicted molar refractivity (Wildman–Crippen MR) is 50.1 cm³/mol. The fourth-order valence-electron chi connectivity index (χ4n) is 1.16. The summed E-state index contributed by atoms with van der Waals surface area (Å²) in [4.78, 5) is 18.5. The smallest absolute Gasteiger partial charge is 0.357 e. The Morgan fingerprint density at radius 1 is 1.53 bits per heavy atom. The molecule has 0 fully saturated rings. The lowest BCUT2D eigenvalue weighted by Crippen LogP contribution is -1.99. The van der Waals surface area contributed by atoms with Crippen LogP contribution in [0, 0.1) is 13.8 Å². The monoisotopic (exact) mass is 207 g/mol. The first-order valence-corrected chi connectivity index (χ1v) is 4.29. The van der Waals surface area contributed by atoms with Gasteiger partial charge in [-0.3, -0.25) is 4.57 Å². The molecule has 0 unspecified atom stereocenters. The molecule has 0 aromatic carbocycles. The van der Waals surface area contributed by atoms with Crippen LogP contribution in [0.15, 0.2) is 17.0 Å². The van der Waals surface area contributed by atoms with Crippen LogP contribution in [0.2, 0.25) is 0 Å². The molecule has 0 aliphatic rings. The van der Waals surface area contributed by atoms with E-state index in [1.54, 1.807) is 10.9 Å². The molecule has 0 spiro atoms. The maximum Gasteiger partial charge on any atom is 0.357 e. The van der Waals surface area contributed by atoms with Gasteiger partial charge in [-0.25, -0.2) is 9.78 Å². The molecule has 0 amide bonds. The topological polar surface area (TPSA) is 81.2 Å². The second-order valence-electron chi connectivity index (χ2n) is 3.11. The molecular formula is C9H9N3O3. The van der Waals surface area contributed by atoms with Gasteiger partial charge in [0.25, 0.3) is 0 Å². The van der Waals surface area contributed by atoms with Crippen LogP contribution in [0.25, 0.3) is 6.01 Å². The third kappa shape index (κ3) is 1.50. The molecule has 0 saturated carbocycles. The summed E-state index contributed by atoms with van der Waals surface area (Å²) in [5.74, 6) is -1.11. The Morgan fingerprint density at radius 2 is 2.27 bits per heavy atom. The van der Waals surface area contributed by atoms with Gasteiger partial charge in [0.05, 0.1) is 5.69 Å². The van der Waals surface area contributed by atoms with E-state index in [2.05, 4.69) is 9.97 Å². The van der Waals surface area contributed by atoms with E-state index in [0.717, 1.165) is 17.7 Å². The van der Waals surface area contributed by atoms with E-state index in [9.17, 15) is 4.79 Å². The highest BCUT2D eigenvalue weighted by atomic mass is 16.4. The molecule has 2 rings (SSSR count). The number of rotatable bonds is 2. The van der Waals surface area contributed by atoms with Crippen molar-refractivity contribution in [2.45, 2.75) is 13.8 Å². The Hall–Kier alpha value is -2.11. The standard InChI is InChI=1S/C9H9N3O3/c1-5-6(2)12(4-10-5)9-11-7(3-15-9)8(13)14/h3-4H,1-2H3,(H,13,14). The second-order valence-corrected chi connectivity index (χ2v) is 3.11. The summed E-state index contributed by atoms with van der Waals surface area (Å²) < 4.78 is 6.64. The van der Waals surface area contributed by atoms with Crippen molar-refractivity contribution in [1.29, 1.82) is 0 Å². The molecule has 2 aromatic rings. The summed E-state index contributed by atoms with van der Waals surface area (Å²) in [7, 11) is 0. The van der Waals surface area contributed by atoms with Gasteiger partial charge in [0.1, 0.15) is 12.6 Å². The lowest BCUT2D eigenvalue weighted by molar-refractivity contribution is 0.0690. The van der Waals surface area contributed by atoms with Crippen molar-refractivity contribution in [2.75, 3.05) is 0 Å². The number of imidazole rings is 1. The average Bonchev–Trinajstić information content (AvgIpc) is 2.76. The van der Waals surface area contributed by atoms with Crippen LogP contribution in [0.1, 0.15) is 21.9 Å². The van der Waals surface area contributed by atoms with Crippen LogP contribution in [-0.2, 0) is 0 Å². The first-order valence-electron chi connectivity index (χ1n) is 4.29. The van der Waals surface area contributed by atoms with Crippen LogP contribution in [0.3, 0.4) is 0 Å². The summed E-state index contributed by atoms with van der Waals surface area (Å²) >= 11 is 0. The molecule has 78 valence electrons. The van der Waals surface area contributed by atoms with Crippen molar-refractivity contribution in [3.63, 3.8) is 0 Å². The molecule has 0 aliphatic heterocycles. The molecule has 0 saturated heterocycles. The van der Waals surface area contributed by atoms with Gasteiger partial charge in [-0.15, -0.1) is 0 Å². The lowest BCUT2D eigenvalue weighted by atomic mass is 10.4. The van der Waals surface area contributed by atoms with Crippen molar-refractivity contribution in [1.82, 2.24) is 14.5 Å². The van der Waals surface area contributed by atoms with Crippen molar-refractivity contribution in [3.8, 4) is 6.01 Å². The van der Waals surface area contributed by atoms with Gasteiger partial charge in [0.15, 0.2) is 5.69 Å². The van der Waals surface area contributed by atoms with Gasteiger partial charge in [0.2, 0.25) is 0 Å². The quantitative estimate of drug-likeness (QED) is 0.799. The molecule has 2 heterocycles. The van der Waals surface area contributed by atoms with Gasteiger partial charge in [-0.2, -0.15) is 4.98 Å². The third-order valence-corrected chi connectivity index (χ3v) is 2.17. The maximum absolute atomic E-state index is 10.6. The van der Waals surface area contributed by atoms with E-state index in [1.807, 2.05) is 13.8 Å². The Bertz CT molecular complexity index is 512. The van der Waals surface area contributed by atoms with Gasteiger partial charge in [-0.1, -0.05) is 0 Å². The van der Waals surface area contributed by atoms with E-state index < -0.39 is 5.97 Å². The van der Waals surface area contributed by atoms with E-state index in [4.69, 9.17) is 9.52 Å². The van der Waals surface area contributed by atoms with E-state index >= 15 is 0 Å². The fraction of sp³-hybridized carbons (Fsp3) is 0.222. The molecule has 2 aromatic heterocycles. The number of nitrogens with zero attached hydrogens (tertiary/aromatic N) is 3. The molecule has 15 heavy (non-hydrogen) atoms. The highest BCUT2D eigenvalue weighted by molar-refractivity contribution is 5.84. The summed E-state index contributed by atoms with van der Waals surface area (Å²) in [5.41, 5.74) is 1.61. The molecule has 0 aliphatic carbocycles. The highest BCUT2D eigenvalue weighted by Crippen LogP contribution is 2.13. The van der Waals surface area contributed by atoms with Gasteiger partial charge in [0, 0.05) is 5.69 Å². The van der Waals surface area contributed by atoms with E-state index in [1.165, 1.54) is 0 Å². The van der Waals surface area contributed by atoms with Crippen molar-refractivity contribution < 1.29 is 14.3 Å². The van der Waals surface area contributed by atoms with Crippen LogP contribution in [0.4, 0.5) is 0 Å². The number of hydrogen-bond donors (Lipinski definition) is 1. The zero-order chi connectivity index (χ0) is 11.0. The van der Waals surface area contributed by atoms with Crippen molar-refractivity contribution >= 4 is 5.97 Å². The summed E-state index contributed by atoms with van der Waals surface area (Å²) in [6.45, 7) is 3.71. The highest BCUT2D eigenvalue weighted by Gasteiger charge is 2.13. The van der Waals surface area contributed by atoms with Crippen LogP contribution >= 0.6 is 0 Å². The Labute approximate surface area is 85.2 Å². The molecule has 6 heteroatoms. The van der Waals surface area contributed by atoms with Crippen LogP contribution < -0.4 is 0 Å². The molecule has 6 nitrogen and oxygen atoms in total. The SMILES string of the molecule is Cc1ncn(-c2nc(C(=O)O)co2)c1C. The molecule has 1 N–H and O–H groups in total. The fourth-order valence-corrected chi connectivity index (χ4v) is 1.16. The zero-order valence-electron chi connectivity index (χ0n) is 8.26. The molecule has 0 bridgehead atoms. The number of hydrogen-bond acceptors (Lipinski definition) is 4. The Balaban J connectivity index is 2.46. The molecule has 0 radical (unpaired) electrons. The second kappa shape index (κ2) is 3.23. The maximum atomic E-state index is 10.6. The Morgan fingerprint density at radius 3 is 2.73 bits per heavy atom. The normalized spacial score (nSPS) is 10.5. The Kier molecular flexibility index (Phi) is 2.03. The minimum atomic E-state index is -1.11. The number of carbonyl (C=O) groups is 1. The molecular weight excluding hydrogens is 198 g/mol. The van der Waals surface area contributed by atoms with E-state index in [0.29, 0.717) is 0 Å². The summed E-state index contributed by atoms with van der Waals surface area (Å²) in [5, 5.41) is 8.67. The first-order chi connectivity index (χ1) is 7.09. The number of aromatic carboxylic acids is 1. The predicted octanol–water partition coefficient (Wildman–Crippen LogP) is 1.18. The van der Waals surface area contributed by atoms with Crippen molar-refractivity contribution in [2.24, 2.45) is 0 Å². The minimum absolute atomic E-state index is 0.115. The van der Waals surface area contributed by atoms with Gasteiger partial charge in [-0.05, 0) is 13.8 Å². The van der Waals surface area contributed by atoms with Gasteiger partial charge >= 0.3 is 12.0 Å². The number of oxazole rings is 1. The largest absolute Gasteiger partial charge is 0.476 e. The van der Waals surface area contributed by atoms with Crippen LogP contribution in [-0.4, -0.2) is 25.6 Å². The summed E-state index contributed by atoms with van der Waals surface area (Å²) in [6, 6.07) is 0.213. The minimum Gasteiger partial charge on any atom is -0.476 e. The summed E-state index contributed by atoms with van der Waals surface area (Å²) in [6.07, 6.45) is 2.65. The van der Waals surface area contributed by atoms with E-state index in [-0.39, 0.29) is 11.7 Å². The number of aryl methyl sites for hydroxylation is 1. The van der Waals surface area contributed by atoms with Gasteiger partial charge < -0.3 is 9.52 Å². The number of carboxylic acid groups (broad SMARTS) is 1.